The molecule has 0 saturated heterocycles. The number of thioether (sulfide) groups is 2. The van der Waals surface area contributed by atoms with E-state index in [1.54, 1.807) is 12.1 Å². The molecule has 0 bridgehead atoms. The summed E-state index contributed by atoms with van der Waals surface area (Å²) in [6.45, 7) is 0.0733. The lowest BCUT2D eigenvalue weighted by molar-refractivity contribution is -0.119. The van der Waals surface area contributed by atoms with E-state index in [1.807, 2.05) is 18.0 Å². The summed E-state index contributed by atoms with van der Waals surface area (Å²) in [5, 5.41) is 3.54. The maximum absolute atomic E-state index is 13.9. The number of anilines is 1. The van der Waals surface area contributed by atoms with Crippen LogP contribution in [0.4, 0.5) is 10.1 Å². The van der Waals surface area contributed by atoms with Gasteiger partial charge in [-0.25, -0.2) is 12.8 Å². The van der Waals surface area contributed by atoms with Crippen molar-refractivity contribution in [2.24, 2.45) is 0 Å². The second-order valence-electron chi connectivity index (χ2n) is 8.00. The van der Waals surface area contributed by atoms with Crippen LogP contribution in [-0.2, 0) is 14.8 Å². The van der Waals surface area contributed by atoms with E-state index in [2.05, 4.69) is 5.32 Å². The third-order valence-corrected chi connectivity index (χ3v) is 9.58. The molecule has 0 unspecified atom stereocenters. The summed E-state index contributed by atoms with van der Waals surface area (Å²) < 4.78 is 41.5. The third-order valence-electron chi connectivity index (χ3n) is 5.58. The van der Waals surface area contributed by atoms with Crippen molar-refractivity contribution in [1.82, 2.24) is 5.32 Å². The quantitative estimate of drug-likeness (QED) is 0.328. The largest absolute Gasteiger partial charge is 0.354 e. The molecule has 0 aromatic heterocycles. The van der Waals surface area contributed by atoms with E-state index in [9.17, 15) is 17.6 Å². The monoisotopic (exact) mass is 510 g/mol. The lowest BCUT2D eigenvalue weighted by Gasteiger charge is -2.24. The minimum atomic E-state index is -4.05. The van der Waals surface area contributed by atoms with Crippen molar-refractivity contribution in [1.29, 1.82) is 0 Å². The Bertz CT molecular complexity index is 1010. The van der Waals surface area contributed by atoms with Gasteiger partial charge >= 0.3 is 0 Å². The molecule has 1 fully saturated rings. The number of nitrogens with zero attached hydrogens (tertiary/aromatic N) is 1. The number of carbonyl (C=O) groups is 1. The zero-order valence-corrected chi connectivity index (χ0v) is 21.3. The number of sulfonamides is 1. The van der Waals surface area contributed by atoms with Gasteiger partial charge in [-0.15, -0.1) is 11.8 Å². The van der Waals surface area contributed by atoms with E-state index in [0.717, 1.165) is 32.7 Å². The molecule has 0 radical (unpaired) electrons. The molecule has 1 saturated carbocycles. The van der Waals surface area contributed by atoms with Crippen molar-refractivity contribution in [3.63, 3.8) is 0 Å². The van der Waals surface area contributed by atoms with E-state index < -0.39 is 28.3 Å². The number of amides is 1. The van der Waals surface area contributed by atoms with Crippen molar-refractivity contribution in [2.45, 2.75) is 53.6 Å². The molecule has 3 rings (SSSR count). The van der Waals surface area contributed by atoms with Gasteiger partial charge in [-0.3, -0.25) is 9.10 Å². The number of nitrogens with one attached hydrogen (secondary N) is 1. The number of rotatable bonds is 11. The van der Waals surface area contributed by atoms with Crippen LogP contribution in [0.15, 0.2) is 58.3 Å². The fraction of sp³-hybridized carbons (Fsp3) is 0.458. The zero-order valence-electron chi connectivity index (χ0n) is 18.8. The molecule has 1 aliphatic rings. The fourth-order valence-electron chi connectivity index (χ4n) is 3.79. The van der Waals surface area contributed by atoms with E-state index in [-0.39, 0.29) is 10.6 Å². The number of halogens is 1. The van der Waals surface area contributed by atoms with Crippen LogP contribution in [0.2, 0.25) is 0 Å². The van der Waals surface area contributed by atoms with Crippen molar-refractivity contribution in [3.05, 3.63) is 54.3 Å². The summed E-state index contributed by atoms with van der Waals surface area (Å²) in [6, 6.07) is 11.7. The van der Waals surface area contributed by atoms with Gasteiger partial charge in [-0.05, 0) is 73.7 Å². The van der Waals surface area contributed by atoms with Crippen LogP contribution in [0.3, 0.4) is 0 Å². The molecule has 1 aliphatic carbocycles. The Balaban J connectivity index is 1.63. The smallest absolute Gasteiger partial charge is 0.264 e. The first-order valence-corrected chi connectivity index (χ1v) is 14.9. The Hall–Kier alpha value is -1.71. The van der Waals surface area contributed by atoms with Gasteiger partial charge in [0.1, 0.15) is 12.4 Å². The van der Waals surface area contributed by atoms with Crippen LogP contribution in [0, 0.1) is 5.82 Å². The van der Waals surface area contributed by atoms with Crippen molar-refractivity contribution in [3.8, 4) is 0 Å². The van der Waals surface area contributed by atoms with Gasteiger partial charge in [0.15, 0.2) is 0 Å². The second kappa shape index (κ2) is 12.7. The van der Waals surface area contributed by atoms with Crippen LogP contribution in [0.5, 0.6) is 0 Å². The molecule has 0 heterocycles. The van der Waals surface area contributed by atoms with Crippen LogP contribution < -0.4 is 9.62 Å². The number of carbonyl (C=O) groups excluding carboxylic acids is 1. The topological polar surface area (TPSA) is 66.5 Å². The summed E-state index contributed by atoms with van der Waals surface area (Å²) in [4.78, 5) is 13.6. The molecule has 5 nitrogen and oxygen atoms in total. The predicted octanol–water partition coefficient (Wildman–Crippen LogP) is 5.32. The second-order valence-corrected chi connectivity index (χ2v) is 12.2. The Morgan fingerprint density at radius 1 is 1.12 bits per heavy atom. The molecule has 0 aliphatic heterocycles. The molecule has 2 aromatic rings. The maximum atomic E-state index is 13.9. The molecule has 9 heteroatoms. The zero-order chi connectivity index (χ0) is 23.7. The Labute approximate surface area is 205 Å². The van der Waals surface area contributed by atoms with Gasteiger partial charge in [-0.2, -0.15) is 11.8 Å². The molecule has 2 aromatic carbocycles. The minimum absolute atomic E-state index is 0.0567. The maximum Gasteiger partial charge on any atom is 0.264 e. The first-order chi connectivity index (χ1) is 15.9. The standard InChI is InChI=1S/C24H31FN2O3S3/c1-31-21-11-13-23(14-12-21)33(29,30)27(20-8-5-7-19(25)17-20)18-24(28)26-15-6-16-32-22-9-3-2-4-10-22/h5,7-8,11-14,17,22H,2-4,6,9-10,15-16,18H2,1H3,(H,26,28). The highest BCUT2D eigenvalue weighted by Gasteiger charge is 2.27. The molecule has 1 amide bonds. The van der Waals surface area contributed by atoms with Crippen LogP contribution in [-0.4, -0.2) is 44.7 Å². The van der Waals surface area contributed by atoms with Crippen molar-refractivity contribution >= 4 is 45.1 Å². The lowest BCUT2D eigenvalue weighted by Crippen LogP contribution is -2.41. The minimum Gasteiger partial charge on any atom is -0.354 e. The summed E-state index contributed by atoms with van der Waals surface area (Å²) >= 11 is 3.47. The van der Waals surface area contributed by atoms with E-state index in [1.165, 1.54) is 74.2 Å². The third kappa shape index (κ3) is 7.65. The Morgan fingerprint density at radius 2 is 1.85 bits per heavy atom. The predicted molar refractivity (Wildman–Crippen MR) is 136 cm³/mol. The van der Waals surface area contributed by atoms with Crippen LogP contribution in [0.1, 0.15) is 38.5 Å². The molecule has 180 valence electrons. The van der Waals surface area contributed by atoms with E-state index in [0.29, 0.717) is 6.54 Å². The molecular formula is C24H31FN2O3S3. The average molecular weight is 511 g/mol. The lowest BCUT2D eigenvalue weighted by atomic mass is 10.0. The summed E-state index contributed by atoms with van der Waals surface area (Å²) in [5.74, 6) is -0.00429. The van der Waals surface area contributed by atoms with Gasteiger partial charge in [0.25, 0.3) is 10.0 Å². The van der Waals surface area contributed by atoms with Gasteiger partial charge in [-0.1, -0.05) is 25.3 Å². The van der Waals surface area contributed by atoms with Gasteiger partial charge in [0.2, 0.25) is 5.91 Å². The fourth-order valence-corrected chi connectivity index (χ4v) is 6.92. The van der Waals surface area contributed by atoms with Gasteiger partial charge < -0.3 is 5.32 Å². The average Bonchev–Trinajstić information content (AvgIpc) is 2.83. The van der Waals surface area contributed by atoms with E-state index >= 15 is 0 Å². The van der Waals surface area contributed by atoms with Crippen LogP contribution in [0.25, 0.3) is 0 Å². The highest BCUT2D eigenvalue weighted by atomic mass is 32.2. The van der Waals surface area contributed by atoms with Gasteiger partial charge in [0, 0.05) is 16.7 Å². The summed E-state index contributed by atoms with van der Waals surface area (Å²) in [5.41, 5.74) is 0.118. The van der Waals surface area contributed by atoms with Crippen molar-refractivity contribution in [2.75, 3.05) is 29.4 Å². The van der Waals surface area contributed by atoms with E-state index in [4.69, 9.17) is 0 Å². The highest BCUT2D eigenvalue weighted by Crippen LogP contribution is 2.28. The Morgan fingerprint density at radius 3 is 2.52 bits per heavy atom. The molecular weight excluding hydrogens is 479 g/mol. The number of benzene rings is 2. The number of hydrogen-bond acceptors (Lipinski definition) is 5. The normalized spacial score (nSPS) is 14.7. The molecule has 0 spiro atoms. The van der Waals surface area contributed by atoms with Crippen LogP contribution >= 0.6 is 23.5 Å². The molecule has 1 N–H and O–H groups in total. The first-order valence-electron chi connectivity index (χ1n) is 11.2. The molecule has 0 atom stereocenters. The highest BCUT2D eigenvalue weighted by molar-refractivity contribution is 7.99. The Kier molecular flexibility index (Phi) is 9.94. The molecule has 33 heavy (non-hydrogen) atoms. The summed E-state index contributed by atoms with van der Waals surface area (Å²) in [6.07, 6.45) is 9.22. The van der Waals surface area contributed by atoms with Crippen molar-refractivity contribution < 1.29 is 17.6 Å². The first kappa shape index (κ1) is 25.9. The summed E-state index contributed by atoms with van der Waals surface area (Å²) in [7, 11) is -4.05. The van der Waals surface area contributed by atoms with Gasteiger partial charge in [0.05, 0.1) is 10.6 Å². The number of hydrogen-bond donors (Lipinski definition) is 1. The SMILES string of the molecule is CSc1ccc(S(=O)(=O)N(CC(=O)NCCCSC2CCCCC2)c2cccc(F)c2)cc1.